The van der Waals surface area contributed by atoms with Crippen molar-refractivity contribution in [3.8, 4) is 0 Å². The first kappa shape index (κ1) is 19.1. The van der Waals surface area contributed by atoms with E-state index in [1.165, 1.54) is 0 Å². The molecule has 2 aliphatic rings. The van der Waals surface area contributed by atoms with Crippen LogP contribution in [0.3, 0.4) is 0 Å². The number of hydrogen-bond donors (Lipinski definition) is 2. The lowest BCUT2D eigenvalue weighted by molar-refractivity contribution is -0.137. The molecule has 0 amide bonds. The van der Waals surface area contributed by atoms with Crippen LogP contribution in [0.25, 0.3) is 0 Å². The van der Waals surface area contributed by atoms with E-state index >= 15 is 0 Å². The van der Waals surface area contributed by atoms with E-state index in [1.54, 1.807) is 0 Å². The number of fused-ring (bicyclic) bond motifs is 1. The van der Waals surface area contributed by atoms with Gasteiger partial charge in [0.15, 0.2) is 0 Å². The maximum Gasteiger partial charge on any atom is 0.338 e. The fourth-order valence-electron chi connectivity index (χ4n) is 3.36. The molecule has 2 atom stereocenters. The van der Waals surface area contributed by atoms with Crippen molar-refractivity contribution >= 4 is 11.9 Å². The van der Waals surface area contributed by atoms with Crippen molar-refractivity contribution in [2.75, 3.05) is 13.2 Å². The number of allylic oxidation sites excluding steroid dienone is 4. The van der Waals surface area contributed by atoms with Gasteiger partial charge in [-0.05, 0) is 33.1 Å². The molecule has 6 heteroatoms. The summed E-state index contributed by atoms with van der Waals surface area (Å²) in [7, 11) is 0. The molecule has 2 N–H and O–H groups in total. The van der Waals surface area contributed by atoms with Gasteiger partial charge >= 0.3 is 11.9 Å². The molecule has 1 aliphatic heterocycles. The van der Waals surface area contributed by atoms with E-state index in [1.807, 2.05) is 26.8 Å². The molecule has 0 spiro atoms. The average Bonchev–Trinajstić information content (AvgIpc) is 2.87. The van der Waals surface area contributed by atoms with Gasteiger partial charge in [0.05, 0.1) is 18.8 Å². The lowest BCUT2D eigenvalue weighted by Crippen LogP contribution is -2.11. The number of cyclic esters (lactones) is 1. The number of rotatable bonds is 7. The summed E-state index contributed by atoms with van der Waals surface area (Å²) < 4.78 is 10.9. The standard InChI is InChI=1S/C19H26O6/c1-4-24-18-12(3)9-13-10-25-19(23)16(13)17(22)14(18)7-5-11(2)6-8-15(20)21/h5,12-13,22H,4,6-10H2,1-3H3,(H,20,21)/b11-5+. The minimum absolute atomic E-state index is 0.0393. The van der Waals surface area contributed by atoms with Gasteiger partial charge in [0.2, 0.25) is 0 Å². The van der Waals surface area contributed by atoms with Crippen molar-refractivity contribution in [2.45, 2.75) is 46.5 Å². The van der Waals surface area contributed by atoms with Gasteiger partial charge in [-0.3, -0.25) is 4.79 Å². The topological polar surface area (TPSA) is 93.1 Å². The molecule has 1 fully saturated rings. The fraction of sp³-hybridized carbons (Fsp3) is 0.579. The number of aliphatic hydroxyl groups is 1. The molecule has 6 nitrogen and oxygen atoms in total. The lowest BCUT2D eigenvalue weighted by atomic mass is 9.92. The number of esters is 1. The molecule has 0 aromatic rings. The molecule has 0 radical (unpaired) electrons. The number of carbonyl (C=O) groups excluding carboxylic acids is 1. The highest BCUT2D eigenvalue weighted by atomic mass is 16.5. The first-order valence-corrected chi connectivity index (χ1v) is 8.69. The predicted molar refractivity (Wildman–Crippen MR) is 91.8 cm³/mol. The molecule has 0 aromatic heterocycles. The zero-order valence-corrected chi connectivity index (χ0v) is 15.0. The molecule has 2 unspecified atom stereocenters. The van der Waals surface area contributed by atoms with Crippen LogP contribution in [-0.4, -0.2) is 35.4 Å². The van der Waals surface area contributed by atoms with Gasteiger partial charge in [-0.15, -0.1) is 0 Å². The molecule has 1 saturated heterocycles. The van der Waals surface area contributed by atoms with Crippen LogP contribution in [0, 0.1) is 11.8 Å². The predicted octanol–water partition coefficient (Wildman–Crippen LogP) is 3.50. The second kappa shape index (κ2) is 8.23. The molecule has 0 bridgehead atoms. The molecule has 0 aromatic carbocycles. The van der Waals surface area contributed by atoms with E-state index in [4.69, 9.17) is 14.6 Å². The summed E-state index contributed by atoms with van der Waals surface area (Å²) in [5, 5.41) is 19.5. The largest absolute Gasteiger partial charge is 0.507 e. The van der Waals surface area contributed by atoms with Crippen LogP contribution in [0.4, 0.5) is 0 Å². The zero-order chi connectivity index (χ0) is 18.6. The lowest BCUT2D eigenvalue weighted by Gasteiger charge is -2.19. The van der Waals surface area contributed by atoms with Crippen LogP contribution in [-0.2, 0) is 19.1 Å². The second-order valence-corrected chi connectivity index (χ2v) is 6.62. The summed E-state index contributed by atoms with van der Waals surface area (Å²) in [5.74, 6) is -0.697. The first-order valence-electron chi connectivity index (χ1n) is 8.69. The van der Waals surface area contributed by atoms with Gasteiger partial charge in [-0.25, -0.2) is 4.79 Å². The van der Waals surface area contributed by atoms with Crippen LogP contribution in [0.1, 0.15) is 46.5 Å². The third kappa shape index (κ3) is 4.44. The minimum Gasteiger partial charge on any atom is -0.507 e. The quantitative estimate of drug-likeness (QED) is 0.539. The third-order valence-electron chi connectivity index (χ3n) is 4.66. The Kier molecular flexibility index (Phi) is 6.28. The molecule has 25 heavy (non-hydrogen) atoms. The number of carboxylic acid groups (broad SMARTS) is 1. The normalized spacial score (nSPS) is 24.1. The van der Waals surface area contributed by atoms with Crippen molar-refractivity contribution in [3.05, 3.63) is 34.3 Å². The van der Waals surface area contributed by atoms with E-state index in [9.17, 15) is 14.7 Å². The Hall–Kier alpha value is -2.24. The number of aliphatic carboxylic acids is 1. The molecule has 1 heterocycles. The summed E-state index contributed by atoms with van der Waals surface area (Å²) in [6.45, 7) is 6.53. The highest BCUT2D eigenvalue weighted by Gasteiger charge is 2.39. The molecule has 2 rings (SSSR count). The van der Waals surface area contributed by atoms with Crippen LogP contribution in [0.5, 0.6) is 0 Å². The van der Waals surface area contributed by atoms with Gasteiger partial charge in [-0.2, -0.15) is 0 Å². The average molecular weight is 350 g/mol. The van der Waals surface area contributed by atoms with Gasteiger partial charge in [0, 0.05) is 23.8 Å². The number of hydrogen-bond acceptors (Lipinski definition) is 5. The zero-order valence-electron chi connectivity index (χ0n) is 15.0. The molecular formula is C19H26O6. The Morgan fingerprint density at radius 2 is 2.12 bits per heavy atom. The van der Waals surface area contributed by atoms with E-state index in [0.717, 1.165) is 5.57 Å². The summed E-state index contributed by atoms with van der Waals surface area (Å²) >= 11 is 0. The summed E-state index contributed by atoms with van der Waals surface area (Å²) in [5.41, 5.74) is 1.86. The number of carbonyl (C=O) groups is 2. The maximum absolute atomic E-state index is 12.0. The van der Waals surface area contributed by atoms with E-state index in [0.29, 0.717) is 49.4 Å². The van der Waals surface area contributed by atoms with Crippen molar-refractivity contribution in [1.29, 1.82) is 0 Å². The maximum atomic E-state index is 12.0. The Balaban J connectivity index is 2.35. The van der Waals surface area contributed by atoms with Gasteiger partial charge < -0.3 is 19.7 Å². The monoisotopic (exact) mass is 350 g/mol. The van der Waals surface area contributed by atoms with E-state index in [-0.39, 0.29) is 24.0 Å². The first-order chi connectivity index (χ1) is 11.8. The molecule has 138 valence electrons. The second-order valence-electron chi connectivity index (χ2n) is 6.62. The highest BCUT2D eigenvalue weighted by molar-refractivity contribution is 5.92. The van der Waals surface area contributed by atoms with Gasteiger partial charge in [0.1, 0.15) is 11.5 Å². The van der Waals surface area contributed by atoms with Crippen molar-refractivity contribution in [2.24, 2.45) is 11.8 Å². The van der Waals surface area contributed by atoms with Gasteiger partial charge in [0.25, 0.3) is 0 Å². The van der Waals surface area contributed by atoms with E-state index < -0.39 is 11.9 Å². The number of carboxylic acids is 1. The summed E-state index contributed by atoms with van der Waals surface area (Å²) in [6, 6.07) is 0. The Labute approximate surface area is 147 Å². The summed E-state index contributed by atoms with van der Waals surface area (Å²) in [4.78, 5) is 22.7. The third-order valence-corrected chi connectivity index (χ3v) is 4.66. The Morgan fingerprint density at radius 3 is 2.76 bits per heavy atom. The molecular weight excluding hydrogens is 324 g/mol. The summed E-state index contributed by atoms with van der Waals surface area (Å²) in [6.07, 6.45) is 3.48. The van der Waals surface area contributed by atoms with Crippen molar-refractivity contribution < 1.29 is 29.3 Å². The Bertz CT molecular complexity index is 640. The Morgan fingerprint density at radius 1 is 1.40 bits per heavy atom. The van der Waals surface area contributed by atoms with Crippen molar-refractivity contribution in [1.82, 2.24) is 0 Å². The number of aliphatic hydroxyl groups excluding tert-OH is 1. The van der Waals surface area contributed by atoms with Crippen LogP contribution in [0.15, 0.2) is 34.3 Å². The highest BCUT2D eigenvalue weighted by Crippen LogP contribution is 2.40. The SMILES string of the molecule is CCOC1=C(C/C=C(\C)CCC(=O)O)C(O)=C2C(=O)OCC2CC1C. The smallest absolute Gasteiger partial charge is 0.338 e. The fourth-order valence-corrected chi connectivity index (χ4v) is 3.36. The molecule has 1 aliphatic carbocycles. The number of ether oxygens (including phenoxy) is 2. The van der Waals surface area contributed by atoms with Crippen LogP contribution in [0.2, 0.25) is 0 Å². The van der Waals surface area contributed by atoms with Gasteiger partial charge in [-0.1, -0.05) is 18.6 Å². The minimum atomic E-state index is -0.841. The van der Waals surface area contributed by atoms with E-state index in [2.05, 4.69) is 0 Å². The van der Waals surface area contributed by atoms with Crippen LogP contribution >= 0.6 is 0 Å². The van der Waals surface area contributed by atoms with Crippen molar-refractivity contribution in [3.63, 3.8) is 0 Å². The van der Waals surface area contributed by atoms with Crippen LogP contribution < -0.4 is 0 Å². The molecule has 0 saturated carbocycles.